The van der Waals surface area contributed by atoms with Crippen LogP contribution in [-0.2, 0) is 0 Å². The summed E-state index contributed by atoms with van der Waals surface area (Å²) in [6.45, 7) is 2.01. The molecule has 1 aromatic carbocycles. The lowest BCUT2D eigenvalue weighted by atomic mass is 10.1. The van der Waals surface area contributed by atoms with Crippen LogP contribution in [0.2, 0.25) is 0 Å². The molecule has 2 heterocycles. The standard InChI is InChI=1S/C12H10BrN3O/c1-6-12(10-5-11(14)17-16-10)8-4-7(13)2-3-9(8)15-6/h2-5,15H,14H2,1H3. The third kappa shape index (κ3) is 1.63. The van der Waals surface area contributed by atoms with Gasteiger partial charge in [0, 0.05) is 32.7 Å². The van der Waals surface area contributed by atoms with Crippen molar-refractivity contribution in [3.8, 4) is 11.3 Å². The van der Waals surface area contributed by atoms with Crippen molar-refractivity contribution in [2.75, 3.05) is 5.73 Å². The van der Waals surface area contributed by atoms with E-state index in [9.17, 15) is 0 Å². The fourth-order valence-corrected chi connectivity index (χ4v) is 2.40. The molecular formula is C12H10BrN3O. The Bertz CT molecular complexity index is 699. The van der Waals surface area contributed by atoms with Crippen molar-refractivity contribution in [1.29, 1.82) is 0 Å². The van der Waals surface area contributed by atoms with Crippen LogP contribution < -0.4 is 5.73 Å². The summed E-state index contributed by atoms with van der Waals surface area (Å²) in [5.41, 5.74) is 9.46. The van der Waals surface area contributed by atoms with Crippen molar-refractivity contribution >= 4 is 32.7 Å². The van der Waals surface area contributed by atoms with Gasteiger partial charge in [0.15, 0.2) is 0 Å². The summed E-state index contributed by atoms with van der Waals surface area (Å²) in [6.07, 6.45) is 0. The van der Waals surface area contributed by atoms with E-state index < -0.39 is 0 Å². The van der Waals surface area contributed by atoms with Crippen LogP contribution in [0.1, 0.15) is 5.69 Å². The fraction of sp³-hybridized carbons (Fsp3) is 0.0833. The zero-order chi connectivity index (χ0) is 12.0. The molecular weight excluding hydrogens is 282 g/mol. The van der Waals surface area contributed by atoms with Crippen LogP contribution in [0.3, 0.4) is 0 Å². The number of nitrogen functional groups attached to an aromatic ring is 1. The van der Waals surface area contributed by atoms with Gasteiger partial charge in [0.2, 0.25) is 5.88 Å². The van der Waals surface area contributed by atoms with Crippen molar-refractivity contribution in [3.63, 3.8) is 0 Å². The highest BCUT2D eigenvalue weighted by Gasteiger charge is 2.14. The number of benzene rings is 1. The maximum Gasteiger partial charge on any atom is 0.222 e. The molecule has 0 aliphatic heterocycles. The highest BCUT2D eigenvalue weighted by atomic mass is 79.9. The van der Waals surface area contributed by atoms with Gasteiger partial charge in [0.1, 0.15) is 5.69 Å². The molecule has 3 rings (SSSR count). The number of halogens is 1. The highest BCUT2D eigenvalue weighted by molar-refractivity contribution is 9.10. The zero-order valence-corrected chi connectivity index (χ0v) is 10.7. The van der Waals surface area contributed by atoms with Crippen LogP contribution in [0, 0.1) is 6.92 Å². The van der Waals surface area contributed by atoms with E-state index in [-0.39, 0.29) is 0 Å². The quantitative estimate of drug-likeness (QED) is 0.721. The zero-order valence-electron chi connectivity index (χ0n) is 9.12. The molecule has 17 heavy (non-hydrogen) atoms. The number of anilines is 1. The molecule has 0 radical (unpaired) electrons. The first-order valence-electron chi connectivity index (χ1n) is 5.15. The van der Waals surface area contributed by atoms with Gasteiger partial charge in [-0.05, 0) is 25.1 Å². The topological polar surface area (TPSA) is 67.8 Å². The van der Waals surface area contributed by atoms with Gasteiger partial charge in [-0.15, -0.1) is 0 Å². The number of nitrogens with one attached hydrogen (secondary N) is 1. The number of hydrogen-bond donors (Lipinski definition) is 2. The fourth-order valence-electron chi connectivity index (χ4n) is 2.04. The van der Waals surface area contributed by atoms with E-state index in [1.807, 2.05) is 19.1 Å². The van der Waals surface area contributed by atoms with Gasteiger partial charge in [0.05, 0.1) is 0 Å². The van der Waals surface area contributed by atoms with Crippen LogP contribution >= 0.6 is 15.9 Å². The Morgan fingerprint density at radius 3 is 2.88 bits per heavy atom. The molecule has 0 amide bonds. The van der Waals surface area contributed by atoms with Crippen LogP contribution in [0.5, 0.6) is 0 Å². The van der Waals surface area contributed by atoms with Crippen LogP contribution in [0.15, 0.2) is 33.3 Å². The molecule has 3 N–H and O–H groups in total. The van der Waals surface area contributed by atoms with E-state index in [0.29, 0.717) is 5.88 Å². The predicted molar refractivity (Wildman–Crippen MR) is 70.6 cm³/mol. The number of rotatable bonds is 1. The average Bonchev–Trinajstić information content (AvgIpc) is 2.81. The maximum atomic E-state index is 5.56. The largest absolute Gasteiger partial charge is 0.368 e. The second-order valence-corrected chi connectivity index (χ2v) is 4.85. The van der Waals surface area contributed by atoms with E-state index in [1.54, 1.807) is 6.07 Å². The first-order valence-corrected chi connectivity index (χ1v) is 5.95. The first-order chi connectivity index (χ1) is 8.15. The number of nitrogens with two attached hydrogens (primary N) is 1. The number of H-pyrrole nitrogens is 1. The monoisotopic (exact) mass is 291 g/mol. The molecule has 5 heteroatoms. The van der Waals surface area contributed by atoms with Gasteiger partial charge in [-0.25, -0.2) is 0 Å². The lowest BCUT2D eigenvalue weighted by molar-refractivity contribution is 0.439. The molecule has 2 aromatic heterocycles. The van der Waals surface area contributed by atoms with Gasteiger partial charge in [-0.3, -0.25) is 0 Å². The van der Waals surface area contributed by atoms with E-state index in [0.717, 1.165) is 32.3 Å². The van der Waals surface area contributed by atoms with E-state index >= 15 is 0 Å². The van der Waals surface area contributed by atoms with E-state index in [1.165, 1.54) is 0 Å². The lowest BCUT2D eigenvalue weighted by Gasteiger charge is -1.95. The molecule has 0 saturated heterocycles. The molecule has 86 valence electrons. The summed E-state index contributed by atoms with van der Waals surface area (Å²) in [4.78, 5) is 3.32. The SMILES string of the molecule is Cc1[nH]c2ccc(Br)cc2c1-c1cc(N)on1. The van der Waals surface area contributed by atoms with Crippen molar-refractivity contribution < 1.29 is 4.52 Å². The molecule has 0 aliphatic carbocycles. The minimum atomic E-state index is 0.323. The number of aromatic amines is 1. The Morgan fingerprint density at radius 1 is 1.35 bits per heavy atom. The summed E-state index contributed by atoms with van der Waals surface area (Å²) < 4.78 is 5.95. The summed E-state index contributed by atoms with van der Waals surface area (Å²) >= 11 is 3.47. The first kappa shape index (κ1) is 10.4. The van der Waals surface area contributed by atoms with Gasteiger partial charge >= 0.3 is 0 Å². The molecule has 0 spiro atoms. The van der Waals surface area contributed by atoms with Gasteiger partial charge in [0.25, 0.3) is 0 Å². The number of aromatic nitrogens is 2. The average molecular weight is 292 g/mol. The second kappa shape index (κ2) is 3.63. The van der Waals surface area contributed by atoms with Crippen LogP contribution in [0.4, 0.5) is 5.88 Å². The molecule has 0 aliphatic rings. The minimum absolute atomic E-state index is 0.323. The molecule has 0 saturated carbocycles. The Kier molecular flexibility index (Phi) is 2.22. The normalized spacial score (nSPS) is 11.2. The molecule has 0 atom stereocenters. The Labute approximate surface area is 106 Å². The molecule has 0 fully saturated rings. The third-order valence-electron chi connectivity index (χ3n) is 2.73. The van der Waals surface area contributed by atoms with Crippen molar-refractivity contribution in [1.82, 2.24) is 10.1 Å². The van der Waals surface area contributed by atoms with E-state index in [4.69, 9.17) is 10.3 Å². The summed E-state index contributed by atoms with van der Waals surface area (Å²) in [5, 5.41) is 5.07. The molecule has 0 bridgehead atoms. The van der Waals surface area contributed by atoms with Gasteiger partial charge in [-0.2, -0.15) is 0 Å². The summed E-state index contributed by atoms with van der Waals surface area (Å²) in [5.74, 6) is 0.323. The lowest BCUT2D eigenvalue weighted by Crippen LogP contribution is -1.79. The van der Waals surface area contributed by atoms with Crippen molar-refractivity contribution in [2.45, 2.75) is 6.92 Å². The Balaban J connectivity index is 2.34. The summed E-state index contributed by atoms with van der Waals surface area (Å²) in [7, 11) is 0. The molecule has 3 aromatic rings. The highest BCUT2D eigenvalue weighted by Crippen LogP contribution is 2.33. The summed E-state index contributed by atoms with van der Waals surface area (Å²) in [6, 6.07) is 7.81. The number of aryl methyl sites for hydroxylation is 1. The molecule has 0 unspecified atom stereocenters. The Hall–Kier alpha value is -1.75. The number of nitrogens with zero attached hydrogens (tertiary/aromatic N) is 1. The van der Waals surface area contributed by atoms with Crippen molar-refractivity contribution in [3.05, 3.63) is 34.4 Å². The predicted octanol–water partition coefficient (Wildman–Crippen LogP) is 3.48. The molecule has 4 nitrogen and oxygen atoms in total. The third-order valence-corrected chi connectivity index (χ3v) is 3.23. The van der Waals surface area contributed by atoms with Crippen molar-refractivity contribution in [2.24, 2.45) is 0 Å². The van der Waals surface area contributed by atoms with E-state index in [2.05, 4.69) is 32.1 Å². The minimum Gasteiger partial charge on any atom is -0.368 e. The number of fused-ring (bicyclic) bond motifs is 1. The van der Waals surface area contributed by atoms with Gasteiger partial charge in [-0.1, -0.05) is 21.1 Å². The van der Waals surface area contributed by atoms with Crippen LogP contribution in [0.25, 0.3) is 22.2 Å². The Morgan fingerprint density at radius 2 is 2.18 bits per heavy atom. The number of hydrogen-bond acceptors (Lipinski definition) is 3. The van der Waals surface area contributed by atoms with Gasteiger partial charge < -0.3 is 15.2 Å². The second-order valence-electron chi connectivity index (χ2n) is 3.93. The maximum absolute atomic E-state index is 5.56. The smallest absolute Gasteiger partial charge is 0.222 e. The van der Waals surface area contributed by atoms with Crippen LogP contribution in [-0.4, -0.2) is 10.1 Å².